The zero-order valence-electron chi connectivity index (χ0n) is 16.1. The Balaban J connectivity index is 1.60. The number of anilines is 1. The van der Waals surface area contributed by atoms with Crippen molar-refractivity contribution in [3.8, 4) is 5.75 Å². The van der Waals surface area contributed by atoms with E-state index in [0.29, 0.717) is 5.78 Å². The molecular formula is C22H23N5O. The smallest absolute Gasteiger partial charge is 0.254 e. The summed E-state index contributed by atoms with van der Waals surface area (Å²) in [4.78, 5) is 8.88. The van der Waals surface area contributed by atoms with E-state index in [9.17, 15) is 0 Å². The van der Waals surface area contributed by atoms with Gasteiger partial charge >= 0.3 is 0 Å². The minimum absolute atomic E-state index is 0.609. The second-order valence-corrected chi connectivity index (χ2v) is 6.69. The fourth-order valence-corrected chi connectivity index (χ4v) is 3.33. The van der Waals surface area contributed by atoms with Crippen LogP contribution in [0.5, 0.6) is 5.75 Å². The molecule has 0 atom stereocenters. The Kier molecular flexibility index (Phi) is 5.19. The molecule has 0 aliphatic carbocycles. The predicted octanol–water partition coefficient (Wildman–Crippen LogP) is 3.69. The third-order valence-electron chi connectivity index (χ3n) is 4.80. The van der Waals surface area contributed by atoms with E-state index < -0.39 is 0 Å². The van der Waals surface area contributed by atoms with E-state index >= 15 is 0 Å². The molecule has 0 unspecified atom stereocenters. The molecule has 4 aromatic rings. The Bertz CT molecular complexity index is 1070. The van der Waals surface area contributed by atoms with Crippen molar-refractivity contribution in [1.82, 2.24) is 19.6 Å². The average molecular weight is 373 g/mol. The number of nitrogens with one attached hydrogen (secondary N) is 1. The minimum atomic E-state index is 0.609. The van der Waals surface area contributed by atoms with Crippen LogP contribution in [0.4, 0.5) is 5.82 Å². The van der Waals surface area contributed by atoms with Crippen molar-refractivity contribution >= 4 is 11.6 Å². The van der Waals surface area contributed by atoms with Gasteiger partial charge in [0.25, 0.3) is 5.78 Å². The van der Waals surface area contributed by atoms with E-state index in [1.807, 2.05) is 25.1 Å². The molecule has 142 valence electrons. The van der Waals surface area contributed by atoms with Gasteiger partial charge in [0.05, 0.1) is 7.11 Å². The number of benzene rings is 2. The van der Waals surface area contributed by atoms with Gasteiger partial charge in [0.15, 0.2) is 0 Å². The molecule has 2 aromatic heterocycles. The van der Waals surface area contributed by atoms with Crippen LogP contribution >= 0.6 is 0 Å². The molecule has 28 heavy (non-hydrogen) atoms. The van der Waals surface area contributed by atoms with E-state index in [0.717, 1.165) is 42.2 Å². The number of aromatic nitrogens is 4. The van der Waals surface area contributed by atoms with Gasteiger partial charge in [0.2, 0.25) is 0 Å². The normalized spacial score (nSPS) is 10.9. The molecule has 4 rings (SSSR count). The lowest BCUT2D eigenvalue weighted by Crippen LogP contribution is -2.14. The summed E-state index contributed by atoms with van der Waals surface area (Å²) < 4.78 is 7.11. The Morgan fingerprint density at radius 1 is 1.04 bits per heavy atom. The van der Waals surface area contributed by atoms with Crippen LogP contribution in [0.1, 0.15) is 22.4 Å². The maximum atomic E-state index is 5.32. The summed E-state index contributed by atoms with van der Waals surface area (Å²) in [5.41, 5.74) is 4.56. The molecule has 0 amide bonds. The van der Waals surface area contributed by atoms with Gasteiger partial charge in [-0.2, -0.15) is 14.6 Å². The van der Waals surface area contributed by atoms with Crippen molar-refractivity contribution in [2.24, 2.45) is 0 Å². The summed E-state index contributed by atoms with van der Waals surface area (Å²) in [5, 5.41) is 7.94. The molecule has 6 nitrogen and oxygen atoms in total. The Morgan fingerprint density at radius 2 is 1.86 bits per heavy atom. The highest BCUT2D eigenvalue weighted by Gasteiger charge is 2.14. The van der Waals surface area contributed by atoms with E-state index in [1.165, 1.54) is 11.1 Å². The average Bonchev–Trinajstić information content (AvgIpc) is 3.19. The third kappa shape index (κ3) is 3.81. The summed E-state index contributed by atoms with van der Waals surface area (Å²) in [6.07, 6.45) is 3.21. The Labute approximate surface area is 164 Å². The van der Waals surface area contributed by atoms with Crippen molar-refractivity contribution in [3.63, 3.8) is 0 Å². The lowest BCUT2D eigenvalue weighted by atomic mass is 10.0. The SMILES string of the molecule is COc1cccc(CCNc2c(Cc3ccccc3)c(C)nc3ncnn23)c1. The molecule has 0 fully saturated rings. The molecule has 6 heteroatoms. The van der Waals surface area contributed by atoms with Gasteiger partial charge < -0.3 is 10.1 Å². The molecule has 0 aliphatic heterocycles. The molecular weight excluding hydrogens is 350 g/mol. The number of aryl methyl sites for hydroxylation is 1. The van der Waals surface area contributed by atoms with E-state index in [-0.39, 0.29) is 0 Å². The second-order valence-electron chi connectivity index (χ2n) is 6.69. The van der Waals surface area contributed by atoms with Crippen LogP contribution in [0.3, 0.4) is 0 Å². The number of nitrogens with zero attached hydrogens (tertiary/aromatic N) is 4. The molecule has 2 heterocycles. The maximum absolute atomic E-state index is 5.32. The van der Waals surface area contributed by atoms with Crippen molar-refractivity contribution in [2.45, 2.75) is 19.8 Å². The number of hydrogen-bond donors (Lipinski definition) is 1. The fraction of sp³-hybridized carbons (Fsp3) is 0.227. The maximum Gasteiger partial charge on any atom is 0.254 e. The topological polar surface area (TPSA) is 64.3 Å². The first kappa shape index (κ1) is 18.0. The van der Waals surface area contributed by atoms with Gasteiger partial charge in [-0.25, -0.2) is 4.98 Å². The summed E-state index contributed by atoms with van der Waals surface area (Å²) in [6, 6.07) is 18.6. The molecule has 0 bridgehead atoms. The lowest BCUT2D eigenvalue weighted by Gasteiger charge is -2.15. The Hall–Kier alpha value is -3.41. The first-order valence-corrected chi connectivity index (χ1v) is 9.34. The van der Waals surface area contributed by atoms with Crippen LogP contribution in [0, 0.1) is 6.92 Å². The van der Waals surface area contributed by atoms with Crippen molar-refractivity contribution in [3.05, 3.63) is 83.3 Å². The lowest BCUT2D eigenvalue weighted by molar-refractivity contribution is 0.414. The largest absolute Gasteiger partial charge is 0.497 e. The number of ether oxygens (including phenoxy) is 1. The first-order valence-electron chi connectivity index (χ1n) is 9.34. The van der Waals surface area contributed by atoms with Gasteiger partial charge in [0.1, 0.15) is 17.9 Å². The standard InChI is InChI=1S/C22H23N5O/c1-16-20(14-17-7-4-3-5-8-17)21(27-22(26-16)24-15-25-27)23-12-11-18-9-6-10-19(13-18)28-2/h3-10,13,15,23H,11-12,14H2,1-2H3. The highest BCUT2D eigenvalue weighted by atomic mass is 16.5. The summed E-state index contributed by atoms with van der Waals surface area (Å²) >= 11 is 0. The van der Waals surface area contributed by atoms with Gasteiger partial charge in [-0.1, -0.05) is 42.5 Å². The van der Waals surface area contributed by atoms with Crippen LogP contribution in [0.2, 0.25) is 0 Å². The number of hydrogen-bond acceptors (Lipinski definition) is 5. The molecule has 0 saturated carbocycles. The predicted molar refractivity (Wildman–Crippen MR) is 110 cm³/mol. The van der Waals surface area contributed by atoms with E-state index in [2.05, 4.69) is 56.8 Å². The molecule has 1 N–H and O–H groups in total. The van der Waals surface area contributed by atoms with E-state index in [4.69, 9.17) is 4.74 Å². The monoisotopic (exact) mass is 373 g/mol. The van der Waals surface area contributed by atoms with Crippen LogP contribution < -0.4 is 10.1 Å². The zero-order chi connectivity index (χ0) is 19.3. The highest BCUT2D eigenvalue weighted by molar-refractivity contribution is 5.54. The van der Waals surface area contributed by atoms with Gasteiger partial charge in [-0.05, 0) is 36.6 Å². The summed E-state index contributed by atoms with van der Waals surface area (Å²) in [5.74, 6) is 2.44. The summed E-state index contributed by atoms with van der Waals surface area (Å²) in [7, 11) is 1.69. The molecule has 0 radical (unpaired) electrons. The van der Waals surface area contributed by atoms with Crippen molar-refractivity contribution in [2.75, 3.05) is 19.0 Å². The van der Waals surface area contributed by atoms with Crippen molar-refractivity contribution in [1.29, 1.82) is 0 Å². The molecule has 2 aromatic carbocycles. The first-order chi connectivity index (χ1) is 13.7. The molecule has 0 saturated heterocycles. The molecule has 0 aliphatic rings. The van der Waals surface area contributed by atoms with Crippen LogP contribution in [0.25, 0.3) is 5.78 Å². The number of fused-ring (bicyclic) bond motifs is 1. The van der Waals surface area contributed by atoms with Crippen LogP contribution in [-0.2, 0) is 12.8 Å². The van der Waals surface area contributed by atoms with Crippen molar-refractivity contribution < 1.29 is 4.74 Å². The Morgan fingerprint density at radius 3 is 2.68 bits per heavy atom. The molecule has 0 spiro atoms. The minimum Gasteiger partial charge on any atom is -0.497 e. The highest BCUT2D eigenvalue weighted by Crippen LogP contribution is 2.23. The quantitative estimate of drug-likeness (QED) is 0.535. The van der Waals surface area contributed by atoms with Crippen LogP contribution in [0.15, 0.2) is 60.9 Å². The van der Waals surface area contributed by atoms with Crippen LogP contribution in [-0.4, -0.2) is 33.2 Å². The fourth-order valence-electron chi connectivity index (χ4n) is 3.33. The van der Waals surface area contributed by atoms with E-state index in [1.54, 1.807) is 18.0 Å². The number of methoxy groups -OCH3 is 1. The van der Waals surface area contributed by atoms with Gasteiger partial charge in [0, 0.05) is 24.2 Å². The zero-order valence-corrected chi connectivity index (χ0v) is 16.1. The number of rotatable bonds is 7. The summed E-state index contributed by atoms with van der Waals surface area (Å²) in [6.45, 7) is 2.80. The second kappa shape index (κ2) is 8.08. The van der Waals surface area contributed by atoms with Gasteiger partial charge in [-0.3, -0.25) is 0 Å². The third-order valence-corrected chi connectivity index (χ3v) is 4.80. The van der Waals surface area contributed by atoms with Gasteiger partial charge in [-0.15, -0.1) is 0 Å².